The third-order valence-electron chi connectivity index (χ3n) is 3.34. The third-order valence-corrected chi connectivity index (χ3v) is 4.03. The predicted molar refractivity (Wildman–Crippen MR) is 102 cm³/mol. The fraction of sp³-hybridized carbons (Fsp3) is 0.222. The van der Waals surface area contributed by atoms with Gasteiger partial charge in [0.05, 0.1) is 17.8 Å². The minimum atomic E-state index is -0.371. The number of hydrogen-bond acceptors (Lipinski definition) is 5. The van der Waals surface area contributed by atoms with E-state index in [-0.39, 0.29) is 23.3 Å². The van der Waals surface area contributed by atoms with E-state index in [9.17, 15) is 4.79 Å². The molecule has 0 atom stereocenters. The van der Waals surface area contributed by atoms with Crippen molar-refractivity contribution in [1.82, 2.24) is 0 Å². The number of halogens is 2. The lowest BCUT2D eigenvalue weighted by Gasteiger charge is -2.14. The Labute approximate surface area is 161 Å². The van der Waals surface area contributed by atoms with Crippen molar-refractivity contribution in [2.75, 3.05) is 18.5 Å². The first kappa shape index (κ1) is 19.9. The van der Waals surface area contributed by atoms with E-state index in [1.807, 2.05) is 13.0 Å². The minimum absolute atomic E-state index is 0.233. The normalized spacial score (nSPS) is 10.8. The van der Waals surface area contributed by atoms with E-state index in [1.165, 1.54) is 12.3 Å². The first-order valence-electron chi connectivity index (χ1n) is 7.77. The Bertz CT molecular complexity index is 825. The van der Waals surface area contributed by atoms with Crippen LogP contribution in [0.2, 0.25) is 10.0 Å². The molecule has 0 aliphatic rings. The molecule has 0 unspecified atom stereocenters. The molecule has 0 saturated carbocycles. The van der Waals surface area contributed by atoms with Gasteiger partial charge in [0.2, 0.25) is 0 Å². The molecule has 0 fully saturated rings. The van der Waals surface area contributed by atoms with Crippen LogP contribution in [0.15, 0.2) is 35.5 Å². The first-order chi connectivity index (χ1) is 12.4. The lowest BCUT2D eigenvalue weighted by Crippen LogP contribution is -2.20. The van der Waals surface area contributed by atoms with Crippen LogP contribution < -0.4 is 14.8 Å². The fourth-order valence-electron chi connectivity index (χ4n) is 2.14. The van der Waals surface area contributed by atoms with Crippen LogP contribution in [0.5, 0.6) is 11.5 Å². The Morgan fingerprint density at radius 3 is 2.65 bits per heavy atom. The van der Waals surface area contributed by atoms with Gasteiger partial charge in [-0.3, -0.25) is 4.79 Å². The topological polar surface area (TPSA) is 80.2 Å². The molecule has 26 heavy (non-hydrogen) atoms. The van der Waals surface area contributed by atoms with Crippen molar-refractivity contribution in [3.8, 4) is 11.5 Å². The maximum Gasteiger partial charge on any atom is 0.262 e. The zero-order valence-electron chi connectivity index (χ0n) is 14.3. The summed E-state index contributed by atoms with van der Waals surface area (Å²) >= 11 is 12.2. The second-order valence-electron chi connectivity index (χ2n) is 5.31. The van der Waals surface area contributed by atoms with Gasteiger partial charge in [0.25, 0.3) is 5.91 Å². The summed E-state index contributed by atoms with van der Waals surface area (Å²) in [5.41, 5.74) is 2.02. The van der Waals surface area contributed by atoms with Gasteiger partial charge in [-0.1, -0.05) is 34.4 Å². The van der Waals surface area contributed by atoms with E-state index in [0.717, 1.165) is 5.56 Å². The Hall–Kier alpha value is -2.44. The minimum Gasteiger partial charge on any atom is -0.490 e. The highest BCUT2D eigenvalue weighted by atomic mass is 35.5. The van der Waals surface area contributed by atoms with E-state index in [1.54, 1.807) is 25.1 Å². The quantitative estimate of drug-likeness (QED) is 0.409. The largest absolute Gasteiger partial charge is 0.490 e. The van der Waals surface area contributed by atoms with Crippen molar-refractivity contribution >= 4 is 41.0 Å². The molecule has 0 aliphatic heterocycles. The highest BCUT2D eigenvalue weighted by Crippen LogP contribution is 2.36. The van der Waals surface area contributed by atoms with Crippen molar-refractivity contribution in [2.45, 2.75) is 13.8 Å². The molecule has 6 nitrogen and oxygen atoms in total. The number of carbonyl (C=O) groups is 1. The van der Waals surface area contributed by atoms with Crippen LogP contribution in [-0.2, 0) is 4.79 Å². The molecule has 0 spiro atoms. The zero-order chi connectivity index (χ0) is 19.1. The fourth-order valence-corrected chi connectivity index (χ4v) is 2.59. The summed E-state index contributed by atoms with van der Waals surface area (Å²) in [4.78, 5) is 12.1. The van der Waals surface area contributed by atoms with Gasteiger partial charge in [0.15, 0.2) is 18.1 Å². The average molecular weight is 397 g/mol. The molecule has 0 aromatic heterocycles. The Balaban J connectivity index is 2.09. The van der Waals surface area contributed by atoms with Gasteiger partial charge < -0.3 is 20.0 Å². The molecule has 0 heterocycles. The van der Waals surface area contributed by atoms with Gasteiger partial charge >= 0.3 is 0 Å². The van der Waals surface area contributed by atoms with E-state index < -0.39 is 0 Å². The number of amides is 1. The predicted octanol–water partition coefficient (Wildman–Crippen LogP) is 4.53. The number of carbonyl (C=O) groups excluding carboxylic acids is 1. The Morgan fingerprint density at radius 2 is 2.00 bits per heavy atom. The summed E-state index contributed by atoms with van der Waals surface area (Å²) in [6.07, 6.45) is 1.21. The highest BCUT2D eigenvalue weighted by Gasteiger charge is 2.14. The van der Waals surface area contributed by atoms with Crippen molar-refractivity contribution in [2.24, 2.45) is 5.16 Å². The second kappa shape index (κ2) is 9.31. The maximum absolute atomic E-state index is 12.1. The molecule has 2 rings (SSSR count). The van der Waals surface area contributed by atoms with Gasteiger partial charge in [-0.2, -0.15) is 0 Å². The van der Waals surface area contributed by atoms with E-state index in [2.05, 4.69) is 10.5 Å². The molecule has 8 heteroatoms. The number of nitrogens with one attached hydrogen (secondary N) is 1. The van der Waals surface area contributed by atoms with Crippen LogP contribution in [0.3, 0.4) is 0 Å². The smallest absolute Gasteiger partial charge is 0.262 e. The van der Waals surface area contributed by atoms with E-state index in [4.69, 9.17) is 37.9 Å². The van der Waals surface area contributed by atoms with Crippen LogP contribution in [0.4, 0.5) is 5.69 Å². The summed E-state index contributed by atoms with van der Waals surface area (Å²) in [6.45, 7) is 3.79. The summed E-state index contributed by atoms with van der Waals surface area (Å²) in [5, 5.41) is 15.1. The van der Waals surface area contributed by atoms with Crippen molar-refractivity contribution < 1.29 is 19.5 Å². The van der Waals surface area contributed by atoms with Gasteiger partial charge in [-0.05, 0) is 43.7 Å². The molecule has 1 amide bonds. The van der Waals surface area contributed by atoms with Crippen molar-refractivity contribution in [3.05, 3.63) is 51.5 Å². The van der Waals surface area contributed by atoms with Crippen molar-refractivity contribution in [3.63, 3.8) is 0 Å². The lowest BCUT2D eigenvalue weighted by molar-refractivity contribution is -0.118. The molecule has 0 aliphatic carbocycles. The molecule has 0 saturated heterocycles. The van der Waals surface area contributed by atoms with Crippen LogP contribution in [0.25, 0.3) is 0 Å². The lowest BCUT2D eigenvalue weighted by atomic mass is 10.2. The summed E-state index contributed by atoms with van der Waals surface area (Å²) in [7, 11) is 0. The van der Waals surface area contributed by atoms with E-state index in [0.29, 0.717) is 28.6 Å². The van der Waals surface area contributed by atoms with E-state index >= 15 is 0 Å². The number of anilines is 1. The standard InChI is InChI=1S/C18H18Cl2N2O4/c1-3-25-16-7-12(9-21-24)6-15(20)18(16)26-10-17(23)22-13-5-4-11(2)14(19)8-13/h4-9,24H,3,10H2,1-2H3,(H,22,23)/b21-9+. The molecule has 2 aromatic rings. The zero-order valence-corrected chi connectivity index (χ0v) is 15.8. The van der Waals surface area contributed by atoms with Gasteiger partial charge in [0.1, 0.15) is 0 Å². The Kier molecular flexibility index (Phi) is 7.12. The maximum atomic E-state index is 12.1. The molecular weight excluding hydrogens is 379 g/mol. The number of aryl methyl sites for hydroxylation is 1. The first-order valence-corrected chi connectivity index (χ1v) is 8.52. The van der Waals surface area contributed by atoms with Gasteiger partial charge in [-0.15, -0.1) is 0 Å². The number of ether oxygens (including phenoxy) is 2. The summed E-state index contributed by atoms with van der Waals surface area (Å²) in [5.74, 6) is 0.214. The molecular formula is C18H18Cl2N2O4. The monoisotopic (exact) mass is 396 g/mol. The molecule has 138 valence electrons. The summed E-state index contributed by atoms with van der Waals surface area (Å²) in [6, 6.07) is 8.36. The molecule has 0 bridgehead atoms. The third kappa shape index (κ3) is 5.28. The highest BCUT2D eigenvalue weighted by molar-refractivity contribution is 6.32. The molecule has 2 aromatic carbocycles. The van der Waals surface area contributed by atoms with Gasteiger partial charge in [-0.25, -0.2) is 0 Å². The second-order valence-corrected chi connectivity index (χ2v) is 6.12. The van der Waals surface area contributed by atoms with Crippen LogP contribution in [0, 0.1) is 6.92 Å². The summed E-state index contributed by atoms with van der Waals surface area (Å²) < 4.78 is 11.0. The number of oxime groups is 1. The van der Waals surface area contributed by atoms with Crippen molar-refractivity contribution in [1.29, 1.82) is 0 Å². The number of benzene rings is 2. The molecule has 2 N–H and O–H groups in total. The van der Waals surface area contributed by atoms with Crippen LogP contribution >= 0.6 is 23.2 Å². The van der Waals surface area contributed by atoms with Crippen LogP contribution in [0.1, 0.15) is 18.1 Å². The average Bonchev–Trinajstić information content (AvgIpc) is 2.58. The van der Waals surface area contributed by atoms with Crippen LogP contribution in [-0.4, -0.2) is 30.5 Å². The number of hydrogen-bond donors (Lipinski definition) is 2. The molecule has 0 radical (unpaired) electrons. The van der Waals surface area contributed by atoms with Gasteiger partial charge in [0, 0.05) is 16.3 Å². The Morgan fingerprint density at radius 1 is 1.23 bits per heavy atom. The SMILES string of the molecule is CCOc1cc(/C=N/O)cc(Cl)c1OCC(=O)Nc1ccc(C)c(Cl)c1. The number of rotatable bonds is 7. The number of nitrogens with zero attached hydrogens (tertiary/aromatic N) is 1.